The van der Waals surface area contributed by atoms with Gasteiger partial charge >= 0.3 is 0 Å². The van der Waals surface area contributed by atoms with Crippen molar-refractivity contribution in [3.8, 4) is 0 Å². The van der Waals surface area contributed by atoms with Crippen molar-refractivity contribution in [1.29, 1.82) is 0 Å². The fourth-order valence-corrected chi connectivity index (χ4v) is 5.17. The highest BCUT2D eigenvalue weighted by Crippen LogP contribution is 2.30. The molecule has 0 radical (unpaired) electrons. The predicted molar refractivity (Wildman–Crippen MR) is 89.5 cm³/mol. The van der Waals surface area contributed by atoms with Crippen LogP contribution in [-0.4, -0.2) is 19.2 Å². The van der Waals surface area contributed by atoms with Crippen LogP contribution < -0.4 is 4.72 Å². The minimum atomic E-state index is -3.79. The molecule has 0 amide bonds. The van der Waals surface area contributed by atoms with Crippen LogP contribution in [0.1, 0.15) is 23.0 Å². The van der Waals surface area contributed by atoms with Crippen LogP contribution in [0.3, 0.4) is 0 Å². The number of aryl methyl sites for hydroxylation is 1. The van der Waals surface area contributed by atoms with Crippen molar-refractivity contribution < 1.29 is 13.2 Å². The number of aromatic nitrogens is 1. The van der Waals surface area contributed by atoms with Crippen LogP contribution in [0.25, 0.3) is 0 Å². The molecule has 0 aliphatic carbocycles. The lowest BCUT2D eigenvalue weighted by atomic mass is 10.2. The van der Waals surface area contributed by atoms with Crippen LogP contribution in [-0.2, 0) is 10.0 Å². The van der Waals surface area contributed by atoms with Crippen LogP contribution in [0.4, 0.5) is 5.13 Å². The number of thiazole rings is 1. The van der Waals surface area contributed by atoms with E-state index in [4.69, 9.17) is 0 Å². The zero-order chi connectivity index (χ0) is 15.8. The first kappa shape index (κ1) is 16.6. The Kier molecular flexibility index (Phi) is 4.86. The molecule has 0 atom stereocenters. The summed E-state index contributed by atoms with van der Waals surface area (Å²) in [5.41, 5.74) is 1.15. The average molecular weight is 454 g/mol. The molecule has 21 heavy (non-hydrogen) atoms. The highest BCUT2D eigenvalue weighted by atomic mass is 79.9. The number of halogens is 2. The van der Waals surface area contributed by atoms with Gasteiger partial charge in [-0.2, -0.15) is 0 Å². The second-order valence-corrected chi connectivity index (χ2v) is 8.45. The summed E-state index contributed by atoms with van der Waals surface area (Å²) in [7, 11) is -3.79. The van der Waals surface area contributed by atoms with Gasteiger partial charge in [0.05, 0.1) is 0 Å². The molecule has 0 fully saturated rings. The number of anilines is 1. The molecule has 0 saturated carbocycles. The molecule has 0 spiro atoms. The van der Waals surface area contributed by atoms with E-state index in [1.807, 2.05) is 6.92 Å². The number of hydrogen-bond acceptors (Lipinski definition) is 5. The van der Waals surface area contributed by atoms with Gasteiger partial charge in [-0.3, -0.25) is 9.52 Å². The Morgan fingerprint density at radius 3 is 2.52 bits per heavy atom. The summed E-state index contributed by atoms with van der Waals surface area (Å²) < 4.78 is 28.3. The molecular formula is C12H10Br2N2O3S2. The van der Waals surface area contributed by atoms with Gasteiger partial charge in [0.1, 0.15) is 10.6 Å². The molecule has 1 aromatic heterocycles. The molecule has 5 nitrogen and oxygen atoms in total. The Morgan fingerprint density at radius 1 is 1.29 bits per heavy atom. The smallest absolute Gasteiger partial charge is 0.264 e. The number of nitrogens with zero attached hydrogens (tertiary/aromatic N) is 1. The second-order valence-electron chi connectivity index (χ2n) is 4.23. The molecule has 0 bridgehead atoms. The number of rotatable bonds is 4. The molecule has 9 heteroatoms. The van der Waals surface area contributed by atoms with Crippen LogP contribution in [0.15, 0.2) is 31.4 Å². The topological polar surface area (TPSA) is 76.1 Å². The monoisotopic (exact) mass is 452 g/mol. The molecule has 1 heterocycles. The van der Waals surface area contributed by atoms with Crippen molar-refractivity contribution >= 4 is 64.1 Å². The van der Waals surface area contributed by atoms with E-state index in [9.17, 15) is 13.2 Å². The van der Waals surface area contributed by atoms with E-state index in [0.717, 1.165) is 16.9 Å². The van der Waals surface area contributed by atoms with Gasteiger partial charge in [-0.25, -0.2) is 13.4 Å². The van der Waals surface area contributed by atoms with E-state index in [1.165, 1.54) is 18.4 Å². The maximum atomic E-state index is 12.4. The summed E-state index contributed by atoms with van der Waals surface area (Å²) in [5.74, 6) is -0.212. The molecule has 0 unspecified atom stereocenters. The summed E-state index contributed by atoms with van der Waals surface area (Å²) in [4.78, 5) is 15.2. The number of Topliss-reactive ketones (excluding diaryl/α,β-unsaturated/α-hetero) is 1. The van der Waals surface area contributed by atoms with E-state index < -0.39 is 10.0 Å². The van der Waals surface area contributed by atoms with Crippen LogP contribution >= 0.6 is 43.2 Å². The maximum absolute atomic E-state index is 12.4. The molecule has 112 valence electrons. The lowest BCUT2D eigenvalue weighted by molar-refractivity contribution is 0.101. The number of ketones is 1. The third-order valence-electron chi connectivity index (χ3n) is 2.59. The standard InChI is InChI=1S/C12H10Br2N2O3S2/c1-6-3-9(14)11(4-8(6)13)21(18,19)16-12-15-10(5-20-12)7(2)17/h3-5H,1-2H3,(H,15,16). The lowest BCUT2D eigenvalue weighted by Crippen LogP contribution is -2.14. The molecule has 2 rings (SSSR count). The van der Waals surface area contributed by atoms with Crippen molar-refractivity contribution in [1.82, 2.24) is 4.98 Å². The summed E-state index contributed by atoms with van der Waals surface area (Å²) in [6, 6.07) is 3.22. The molecule has 0 aliphatic heterocycles. The number of hydrogen-bond donors (Lipinski definition) is 1. The van der Waals surface area contributed by atoms with E-state index in [0.29, 0.717) is 8.95 Å². The number of carbonyl (C=O) groups excluding carboxylic acids is 1. The van der Waals surface area contributed by atoms with E-state index in [2.05, 4.69) is 41.6 Å². The maximum Gasteiger partial charge on any atom is 0.264 e. The Hall–Kier alpha value is -0.770. The number of carbonyl (C=O) groups is 1. The van der Waals surface area contributed by atoms with E-state index in [1.54, 1.807) is 6.07 Å². The Balaban J connectivity index is 2.38. The Bertz CT molecular complexity index is 816. The first-order valence-corrected chi connectivity index (χ1v) is 9.60. The van der Waals surface area contributed by atoms with E-state index in [-0.39, 0.29) is 21.5 Å². The van der Waals surface area contributed by atoms with Gasteiger partial charge in [-0.15, -0.1) is 11.3 Å². The highest BCUT2D eigenvalue weighted by Gasteiger charge is 2.21. The quantitative estimate of drug-likeness (QED) is 0.710. The number of sulfonamides is 1. The van der Waals surface area contributed by atoms with Gasteiger partial charge in [-0.1, -0.05) is 15.9 Å². The third-order valence-corrected chi connectivity index (χ3v) is 6.63. The van der Waals surface area contributed by atoms with Crippen molar-refractivity contribution in [2.45, 2.75) is 18.7 Å². The van der Waals surface area contributed by atoms with E-state index >= 15 is 0 Å². The zero-order valence-electron chi connectivity index (χ0n) is 11.0. The first-order valence-electron chi connectivity index (χ1n) is 5.65. The van der Waals surface area contributed by atoms with Crippen LogP contribution in [0.2, 0.25) is 0 Å². The fraction of sp³-hybridized carbons (Fsp3) is 0.167. The van der Waals surface area contributed by atoms with Gasteiger partial charge in [0, 0.05) is 21.2 Å². The summed E-state index contributed by atoms with van der Waals surface area (Å²) in [5, 5.41) is 1.67. The Morgan fingerprint density at radius 2 is 1.95 bits per heavy atom. The molecule has 2 aromatic rings. The lowest BCUT2D eigenvalue weighted by Gasteiger charge is -2.09. The van der Waals surface area contributed by atoms with Crippen molar-refractivity contribution in [2.75, 3.05) is 4.72 Å². The molecule has 0 aliphatic rings. The Labute approximate surface area is 143 Å². The van der Waals surface area contributed by atoms with Gasteiger partial charge in [0.15, 0.2) is 10.9 Å². The third kappa shape index (κ3) is 3.71. The van der Waals surface area contributed by atoms with Crippen LogP contribution in [0.5, 0.6) is 0 Å². The van der Waals surface area contributed by atoms with Crippen molar-refractivity contribution in [3.05, 3.63) is 37.7 Å². The molecule has 0 saturated heterocycles. The molecule has 1 N–H and O–H groups in total. The minimum Gasteiger partial charge on any atom is -0.293 e. The van der Waals surface area contributed by atoms with Crippen molar-refractivity contribution in [2.24, 2.45) is 0 Å². The average Bonchev–Trinajstić information content (AvgIpc) is 2.81. The fourth-order valence-electron chi connectivity index (χ4n) is 1.49. The minimum absolute atomic E-state index is 0.0968. The van der Waals surface area contributed by atoms with Gasteiger partial charge in [0.2, 0.25) is 0 Å². The van der Waals surface area contributed by atoms with Crippen LogP contribution in [0, 0.1) is 6.92 Å². The largest absolute Gasteiger partial charge is 0.293 e. The highest BCUT2D eigenvalue weighted by molar-refractivity contribution is 9.11. The second kappa shape index (κ2) is 6.15. The first-order chi connectivity index (χ1) is 9.70. The molecular weight excluding hydrogens is 444 g/mol. The summed E-state index contributed by atoms with van der Waals surface area (Å²) >= 11 is 7.62. The van der Waals surface area contributed by atoms with Crippen molar-refractivity contribution in [3.63, 3.8) is 0 Å². The summed E-state index contributed by atoms with van der Waals surface area (Å²) in [6.45, 7) is 3.24. The number of benzene rings is 1. The van der Waals surface area contributed by atoms with Gasteiger partial charge < -0.3 is 0 Å². The predicted octanol–water partition coefficient (Wildman–Crippen LogP) is 3.98. The van der Waals surface area contributed by atoms with Gasteiger partial charge in [0.25, 0.3) is 10.0 Å². The number of nitrogens with one attached hydrogen (secondary N) is 1. The molecule has 1 aromatic carbocycles. The van der Waals surface area contributed by atoms with Gasteiger partial charge in [-0.05, 0) is 40.5 Å². The zero-order valence-corrected chi connectivity index (χ0v) is 15.8. The SMILES string of the molecule is CC(=O)c1csc(NS(=O)(=O)c2cc(Br)c(C)cc2Br)n1. The summed E-state index contributed by atoms with van der Waals surface area (Å²) in [6.07, 6.45) is 0. The normalized spacial score (nSPS) is 11.4.